The molecule has 2 unspecified atom stereocenters. The molecule has 1 amide bonds. The number of amides is 1. The SMILES string of the molecule is CN1CCOc2ccc(NC(=O)C3CCCC(N)C3)cc21.Cl.Cl. The number of nitrogens with zero attached hydrogens (tertiary/aromatic N) is 1. The van der Waals surface area contributed by atoms with Gasteiger partial charge in [-0.15, -0.1) is 24.8 Å². The van der Waals surface area contributed by atoms with Gasteiger partial charge in [0.1, 0.15) is 12.4 Å². The van der Waals surface area contributed by atoms with Gasteiger partial charge in [-0.1, -0.05) is 6.42 Å². The van der Waals surface area contributed by atoms with E-state index in [2.05, 4.69) is 10.2 Å². The smallest absolute Gasteiger partial charge is 0.227 e. The van der Waals surface area contributed by atoms with E-state index < -0.39 is 0 Å². The highest BCUT2D eigenvalue weighted by Gasteiger charge is 2.25. The van der Waals surface area contributed by atoms with Crippen molar-refractivity contribution in [3.63, 3.8) is 0 Å². The predicted molar refractivity (Wildman–Crippen MR) is 98.3 cm³/mol. The Morgan fingerprint density at radius 3 is 2.87 bits per heavy atom. The lowest BCUT2D eigenvalue weighted by Gasteiger charge is -2.29. The monoisotopic (exact) mass is 361 g/mol. The molecular weight excluding hydrogens is 337 g/mol. The fourth-order valence-electron chi connectivity index (χ4n) is 3.14. The summed E-state index contributed by atoms with van der Waals surface area (Å²) in [5.74, 6) is 1.00. The van der Waals surface area contributed by atoms with Crippen LogP contribution in [0.1, 0.15) is 25.7 Å². The number of carbonyl (C=O) groups is 1. The van der Waals surface area contributed by atoms with Gasteiger partial charge in [0.15, 0.2) is 0 Å². The van der Waals surface area contributed by atoms with Crippen LogP contribution in [-0.4, -0.2) is 32.1 Å². The van der Waals surface area contributed by atoms with Gasteiger partial charge < -0.3 is 20.7 Å². The van der Waals surface area contributed by atoms with Gasteiger partial charge in [0.2, 0.25) is 5.91 Å². The number of halogens is 2. The van der Waals surface area contributed by atoms with Crippen LogP contribution in [0.4, 0.5) is 11.4 Å². The van der Waals surface area contributed by atoms with E-state index in [0.717, 1.165) is 49.4 Å². The van der Waals surface area contributed by atoms with E-state index in [1.807, 2.05) is 25.2 Å². The quantitative estimate of drug-likeness (QED) is 0.849. The second-order valence-corrected chi connectivity index (χ2v) is 6.07. The molecule has 0 bridgehead atoms. The summed E-state index contributed by atoms with van der Waals surface area (Å²) in [6.07, 6.45) is 3.80. The van der Waals surface area contributed by atoms with E-state index in [1.165, 1.54) is 0 Å². The minimum atomic E-state index is 0. The molecule has 3 rings (SSSR count). The summed E-state index contributed by atoms with van der Waals surface area (Å²) >= 11 is 0. The molecule has 1 aromatic carbocycles. The number of fused-ring (bicyclic) bond motifs is 1. The molecule has 0 spiro atoms. The van der Waals surface area contributed by atoms with Gasteiger partial charge in [-0.05, 0) is 37.5 Å². The van der Waals surface area contributed by atoms with Crippen molar-refractivity contribution in [2.45, 2.75) is 31.7 Å². The number of nitrogens with one attached hydrogen (secondary N) is 1. The number of nitrogens with two attached hydrogens (primary N) is 1. The van der Waals surface area contributed by atoms with Crippen LogP contribution >= 0.6 is 24.8 Å². The molecule has 1 aliphatic carbocycles. The zero-order valence-corrected chi connectivity index (χ0v) is 14.9. The molecule has 7 heteroatoms. The van der Waals surface area contributed by atoms with Gasteiger partial charge in [-0.3, -0.25) is 4.79 Å². The van der Waals surface area contributed by atoms with Crippen molar-refractivity contribution in [3.05, 3.63) is 18.2 Å². The molecule has 1 fully saturated rings. The van der Waals surface area contributed by atoms with Crippen molar-refractivity contribution < 1.29 is 9.53 Å². The fourth-order valence-corrected chi connectivity index (χ4v) is 3.14. The van der Waals surface area contributed by atoms with E-state index in [1.54, 1.807) is 0 Å². The summed E-state index contributed by atoms with van der Waals surface area (Å²) < 4.78 is 5.61. The van der Waals surface area contributed by atoms with Gasteiger partial charge in [-0.2, -0.15) is 0 Å². The molecule has 130 valence electrons. The summed E-state index contributed by atoms with van der Waals surface area (Å²) in [7, 11) is 2.03. The number of benzene rings is 1. The highest BCUT2D eigenvalue weighted by atomic mass is 35.5. The van der Waals surface area contributed by atoms with E-state index in [-0.39, 0.29) is 42.7 Å². The summed E-state index contributed by atoms with van der Waals surface area (Å²) in [6, 6.07) is 5.97. The maximum Gasteiger partial charge on any atom is 0.227 e. The Morgan fingerprint density at radius 2 is 2.13 bits per heavy atom. The van der Waals surface area contributed by atoms with Crippen LogP contribution in [0, 0.1) is 5.92 Å². The average molecular weight is 362 g/mol. The Bertz CT molecular complexity index is 542. The minimum Gasteiger partial charge on any atom is -0.490 e. The lowest BCUT2D eigenvalue weighted by atomic mass is 9.85. The molecule has 5 nitrogen and oxygen atoms in total. The number of hydrogen-bond donors (Lipinski definition) is 2. The van der Waals surface area contributed by atoms with E-state index in [0.29, 0.717) is 6.61 Å². The molecular formula is C16H25Cl2N3O2. The summed E-state index contributed by atoms with van der Waals surface area (Å²) in [5.41, 5.74) is 7.82. The first kappa shape index (κ1) is 19.9. The average Bonchev–Trinajstić information content (AvgIpc) is 2.48. The number of carbonyl (C=O) groups excluding carboxylic acids is 1. The van der Waals surface area contributed by atoms with E-state index >= 15 is 0 Å². The Balaban J connectivity index is 0.00000132. The first-order chi connectivity index (χ1) is 10.1. The van der Waals surface area contributed by atoms with Crippen molar-refractivity contribution in [1.82, 2.24) is 0 Å². The highest BCUT2D eigenvalue weighted by molar-refractivity contribution is 5.93. The second-order valence-electron chi connectivity index (χ2n) is 6.07. The number of anilines is 2. The van der Waals surface area contributed by atoms with Crippen molar-refractivity contribution >= 4 is 42.1 Å². The fraction of sp³-hybridized carbons (Fsp3) is 0.562. The zero-order chi connectivity index (χ0) is 14.8. The second kappa shape index (κ2) is 8.62. The third kappa shape index (κ3) is 4.66. The third-order valence-electron chi connectivity index (χ3n) is 4.41. The number of rotatable bonds is 2. The molecule has 1 heterocycles. The Kier molecular flexibility index (Phi) is 7.45. The molecule has 1 aromatic rings. The van der Waals surface area contributed by atoms with Crippen LogP contribution in [0.15, 0.2) is 18.2 Å². The van der Waals surface area contributed by atoms with Crippen molar-refractivity contribution in [2.24, 2.45) is 11.7 Å². The van der Waals surface area contributed by atoms with Gasteiger partial charge in [-0.25, -0.2) is 0 Å². The van der Waals surface area contributed by atoms with Crippen molar-refractivity contribution in [2.75, 3.05) is 30.4 Å². The molecule has 3 N–H and O–H groups in total. The lowest BCUT2D eigenvalue weighted by molar-refractivity contribution is -0.120. The molecule has 2 atom stereocenters. The molecule has 23 heavy (non-hydrogen) atoms. The van der Waals surface area contributed by atoms with Crippen LogP contribution in [-0.2, 0) is 4.79 Å². The van der Waals surface area contributed by atoms with Gasteiger partial charge in [0.05, 0.1) is 12.2 Å². The Morgan fingerprint density at radius 1 is 1.35 bits per heavy atom. The van der Waals surface area contributed by atoms with Gasteiger partial charge in [0.25, 0.3) is 0 Å². The largest absolute Gasteiger partial charge is 0.490 e. The zero-order valence-electron chi connectivity index (χ0n) is 13.3. The van der Waals surface area contributed by atoms with Crippen LogP contribution in [0.25, 0.3) is 0 Å². The minimum absolute atomic E-state index is 0. The van der Waals surface area contributed by atoms with Crippen LogP contribution < -0.4 is 20.7 Å². The topological polar surface area (TPSA) is 67.6 Å². The standard InChI is InChI=1S/C16H23N3O2.2ClH/c1-19-7-8-21-15-6-5-13(10-14(15)19)18-16(20)11-3-2-4-12(17)9-11;;/h5-6,10-12H,2-4,7-9,17H2,1H3,(H,18,20);2*1H. The normalized spacial score (nSPS) is 22.8. The van der Waals surface area contributed by atoms with Crippen molar-refractivity contribution in [1.29, 1.82) is 0 Å². The highest BCUT2D eigenvalue weighted by Crippen LogP contribution is 2.33. The molecule has 1 saturated carbocycles. The lowest BCUT2D eigenvalue weighted by Crippen LogP contribution is -2.34. The molecule has 0 saturated heterocycles. The Hall–Kier alpha value is -1.17. The van der Waals surface area contributed by atoms with Crippen molar-refractivity contribution in [3.8, 4) is 5.75 Å². The number of hydrogen-bond acceptors (Lipinski definition) is 4. The maximum absolute atomic E-state index is 12.4. The molecule has 2 aliphatic rings. The van der Waals surface area contributed by atoms with Gasteiger partial charge in [0, 0.05) is 24.7 Å². The first-order valence-electron chi connectivity index (χ1n) is 7.68. The summed E-state index contributed by atoms with van der Waals surface area (Å²) in [5, 5.41) is 3.03. The van der Waals surface area contributed by atoms with Crippen LogP contribution in [0.2, 0.25) is 0 Å². The molecule has 1 aliphatic heterocycles. The number of likely N-dealkylation sites (N-methyl/N-ethyl adjacent to an activating group) is 1. The maximum atomic E-state index is 12.4. The van der Waals surface area contributed by atoms with E-state index in [4.69, 9.17) is 10.5 Å². The number of ether oxygens (including phenoxy) is 1. The summed E-state index contributed by atoms with van der Waals surface area (Å²) in [6.45, 7) is 1.57. The molecule has 0 aromatic heterocycles. The molecule has 0 radical (unpaired) electrons. The summed E-state index contributed by atoms with van der Waals surface area (Å²) in [4.78, 5) is 14.5. The van der Waals surface area contributed by atoms with Crippen LogP contribution in [0.3, 0.4) is 0 Å². The predicted octanol–water partition coefficient (Wildman–Crippen LogP) is 2.81. The van der Waals surface area contributed by atoms with Gasteiger partial charge >= 0.3 is 0 Å². The third-order valence-corrected chi connectivity index (χ3v) is 4.41. The van der Waals surface area contributed by atoms with Crippen LogP contribution in [0.5, 0.6) is 5.75 Å². The van der Waals surface area contributed by atoms with E-state index in [9.17, 15) is 4.79 Å². The first-order valence-corrected chi connectivity index (χ1v) is 7.68. The Labute approximate surface area is 149 Å².